The fourth-order valence-electron chi connectivity index (χ4n) is 3.28. The summed E-state index contributed by atoms with van der Waals surface area (Å²) in [6, 6.07) is 0.510. The maximum atomic E-state index is 11.3. The van der Waals surface area contributed by atoms with Crippen molar-refractivity contribution in [1.29, 1.82) is 0 Å². The van der Waals surface area contributed by atoms with Gasteiger partial charge in [-0.1, -0.05) is 0 Å². The molecular weight excluding hydrogens is 266 g/mol. The molecule has 0 aromatic rings. The lowest BCUT2D eigenvalue weighted by Gasteiger charge is -2.16. The van der Waals surface area contributed by atoms with Crippen molar-refractivity contribution in [1.82, 2.24) is 10.6 Å². The highest BCUT2D eigenvalue weighted by Crippen LogP contribution is 2.52. The van der Waals surface area contributed by atoms with Gasteiger partial charge in [-0.2, -0.15) is 11.8 Å². The standard InChI is InChI=1S/C12H17N3O3S/c16-9(15-18)3-1-2-6-4-7(6)11-10-8(5-19-11)13-12(17)14-10/h6-8,10-11H,1-5H2,(H2,13,14,17)/t6-,7+,8+,10+,11?/m1/s1. The van der Waals surface area contributed by atoms with E-state index in [1.807, 2.05) is 11.8 Å². The molecule has 2 N–H and O–H groups in total. The van der Waals surface area contributed by atoms with Crippen LogP contribution in [0, 0.1) is 16.7 Å². The zero-order valence-corrected chi connectivity index (χ0v) is 11.3. The van der Waals surface area contributed by atoms with E-state index in [1.54, 1.807) is 0 Å². The van der Waals surface area contributed by atoms with Gasteiger partial charge in [0.2, 0.25) is 0 Å². The Kier molecular flexibility index (Phi) is 3.47. The lowest BCUT2D eigenvalue weighted by Crippen LogP contribution is -2.38. The lowest BCUT2D eigenvalue weighted by molar-refractivity contribution is -0.118. The van der Waals surface area contributed by atoms with Crippen LogP contribution in [-0.2, 0) is 4.79 Å². The van der Waals surface area contributed by atoms with E-state index in [9.17, 15) is 14.5 Å². The molecule has 1 unspecified atom stereocenters. The van der Waals surface area contributed by atoms with E-state index in [1.165, 1.54) is 6.42 Å². The van der Waals surface area contributed by atoms with Crippen LogP contribution in [0.4, 0.5) is 4.79 Å². The maximum absolute atomic E-state index is 11.3. The molecule has 6 nitrogen and oxygen atoms in total. The highest BCUT2D eigenvalue weighted by atomic mass is 32.2. The Morgan fingerprint density at radius 2 is 2.26 bits per heavy atom. The van der Waals surface area contributed by atoms with Gasteiger partial charge in [0, 0.05) is 22.6 Å². The zero-order chi connectivity index (χ0) is 13.4. The van der Waals surface area contributed by atoms with Gasteiger partial charge in [-0.25, -0.2) is 4.79 Å². The van der Waals surface area contributed by atoms with Gasteiger partial charge in [-0.3, -0.25) is 4.79 Å². The predicted molar refractivity (Wildman–Crippen MR) is 71.7 cm³/mol. The molecule has 2 heterocycles. The minimum atomic E-state index is -0.542. The number of thioether (sulfide) groups is 1. The van der Waals surface area contributed by atoms with E-state index >= 15 is 0 Å². The molecule has 104 valence electrons. The lowest BCUT2D eigenvalue weighted by atomic mass is 10.0. The number of hydrogen-bond acceptors (Lipinski definition) is 4. The summed E-state index contributed by atoms with van der Waals surface area (Å²) < 4.78 is 0. The van der Waals surface area contributed by atoms with Crippen molar-refractivity contribution in [2.75, 3.05) is 5.75 Å². The normalized spacial score (nSPS) is 39.4. The Morgan fingerprint density at radius 1 is 1.42 bits per heavy atom. The van der Waals surface area contributed by atoms with E-state index in [0.29, 0.717) is 17.1 Å². The first-order valence-electron chi connectivity index (χ1n) is 6.74. The molecule has 19 heavy (non-hydrogen) atoms. The van der Waals surface area contributed by atoms with Crippen molar-refractivity contribution in [3.63, 3.8) is 0 Å². The molecule has 0 bridgehead atoms. The van der Waals surface area contributed by atoms with Crippen molar-refractivity contribution in [3.8, 4) is 0 Å². The van der Waals surface area contributed by atoms with Crippen LogP contribution >= 0.6 is 11.8 Å². The molecular formula is C12H17N3O3S. The first-order valence-corrected chi connectivity index (χ1v) is 7.78. The summed E-state index contributed by atoms with van der Waals surface area (Å²) >= 11 is 1.94. The summed E-state index contributed by atoms with van der Waals surface area (Å²) in [5, 5.41) is 8.87. The van der Waals surface area contributed by atoms with E-state index in [-0.39, 0.29) is 24.5 Å². The van der Waals surface area contributed by atoms with Gasteiger partial charge in [0.05, 0.1) is 12.1 Å². The first kappa shape index (κ1) is 12.9. The van der Waals surface area contributed by atoms with Gasteiger partial charge in [0.25, 0.3) is 5.91 Å². The second kappa shape index (κ2) is 5.11. The molecule has 2 saturated heterocycles. The average molecular weight is 283 g/mol. The van der Waals surface area contributed by atoms with Crippen LogP contribution in [0.25, 0.3) is 0 Å². The van der Waals surface area contributed by atoms with Gasteiger partial charge in [-0.05, 0) is 31.1 Å². The second-order valence-electron chi connectivity index (χ2n) is 5.58. The Balaban J connectivity index is 1.44. The molecule has 3 rings (SSSR count). The third-order valence-corrected chi connectivity index (χ3v) is 5.92. The van der Waals surface area contributed by atoms with E-state index in [2.05, 4.69) is 15.8 Å². The Morgan fingerprint density at radius 3 is 3.05 bits per heavy atom. The third kappa shape index (κ3) is 2.61. The van der Waals surface area contributed by atoms with E-state index in [0.717, 1.165) is 18.6 Å². The molecule has 1 aliphatic carbocycles. The minimum absolute atomic E-state index is 0.0415. The molecule has 0 aromatic heterocycles. The van der Waals surface area contributed by atoms with Crippen LogP contribution in [0.15, 0.2) is 5.18 Å². The van der Waals surface area contributed by atoms with Crippen molar-refractivity contribution in [2.45, 2.75) is 43.0 Å². The quantitative estimate of drug-likeness (QED) is 0.587. The first-order chi connectivity index (χ1) is 9.19. The summed E-state index contributed by atoms with van der Waals surface area (Å²) in [5.74, 6) is 1.75. The molecule has 3 fully saturated rings. The fraction of sp³-hybridized carbons (Fsp3) is 0.833. The number of hydrogen-bond donors (Lipinski definition) is 2. The highest BCUT2D eigenvalue weighted by Gasteiger charge is 2.53. The fourth-order valence-corrected chi connectivity index (χ4v) is 5.05. The Labute approximate surface area is 115 Å². The van der Waals surface area contributed by atoms with Crippen LogP contribution in [0.2, 0.25) is 0 Å². The number of carbonyl (C=O) groups is 2. The maximum Gasteiger partial charge on any atom is 0.315 e. The molecule has 3 aliphatic rings. The number of nitrogens with zero attached hydrogens (tertiary/aromatic N) is 1. The minimum Gasteiger partial charge on any atom is -0.332 e. The molecule has 0 spiro atoms. The largest absolute Gasteiger partial charge is 0.332 e. The second-order valence-corrected chi connectivity index (χ2v) is 6.80. The van der Waals surface area contributed by atoms with Gasteiger partial charge >= 0.3 is 6.03 Å². The number of amides is 3. The van der Waals surface area contributed by atoms with Crippen LogP contribution in [0.3, 0.4) is 0 Å². The Bertz CT molecular complexity index is 417. The van der Waals surface area contributed by atoms with Crippen LogP contribution in [0.1, 0.15) is 25.7 Å². The summed E-state index contributed by atoms with van der Waals surface area (Å²) in [6.45, 7) is 0. The summed E-state index contributed by atoms with van der Waals surface area (Å²) in [5.41, 5.74) is 0. The van der Waals surface area contributed by atoms with Crippen molar-refractivity contribution in [2.24, 2.45) is 17.0 Å². The SMILES string of the molecule is O=NC(=O)CCC[C@@H]1C[C@@H]1C1SC[C@@H]2NC(=O)N[C@H]12. The van der Waals surface area contributed by atoms with Gasteiger partial charge in [-0.15, -0.1) is 4.91 Å². The molecule has 1 saturated carbocycles. The highest BCUT2D eigenvalue weighted by molar-refractivity contribution is 8.00. The topological polar surface area (TPSA) is 87.6 Å². The van der Waals surface area contributed by atoms with Crippen LogP contribution in [0.5, 0.6) is 0 Å². The predicted octanol–water partition coefficient (Wildman–Crippen LogP) is 1.25. The van der Waals surface area contributed by atoms with E-state index < -0.39 is 5.91 Å². The number of urea groups is 1. The molecule has 0 aromatic carbocycles. The number of rotatable bonds is 5. The van der Waals surface area contributed by atoms with Gasteiger partial charge in [0.15, 0.2) is 0 Å². The number of carbonyl (C=O) groups excluding carboxylic acids is 2. The van der Waals surface area contributed by atoms with Gasteiger partial charge < -0.3 is 10.6 Å². The molecule has 0 radical (unpaired) electrons. The third-order valence-electron chi connectivity index (χ3n) is 4.34. The average Bonchev–Trinajstić information content (AvgIpc) is 2.89. The molecule has 2 aliphatic heterocycles. The zero-order valence-electron chi connectivity index (χ0n) is 10.5. The molecule has 3 amide bonds. The Hall–Kier alpha value is -1.11. The van der Waals surface area contributed by atoms with Crippen LogP contribution < -0.4 is 10.6 Å². The number of nitroso groups, excluding NO2 is 1. The van der Waals surface area contributed by atoms with Crippen molar-refractivity contribution in [3.05, 3.63) is 4.91 Å². The molecule has 5 atom stereocenters. The van der Waals surface area contributed by atoms with Gasteiger partial charge in [0.1, 0.15) is 0 Å². The molecule has 7 heteroatoms. The van der Waals surface area contributed by atoms with Crippen molar-refractivity contribution >= 4 is 23.7 Å². The smallest absolute Gasteiger partial charge is 0.315 e. The van der Waals surface area contributed by atoms with Crippen molar-refractivity contribution < 1.29 is 9.59 Å². The summed E-state index contributed by atoms with van der Waals surface area (Å²) in [6.07, 6.45) is 3.19. The number of fused-ring (bicyclic) bond motifs is 1. The summed E-state index contributed by atoms with van der Waals surface area (Å²) in [4.78, 5) is 32.1. The number of nitrogens with one attached hydrogen (secondary N) is 2. The summed E-state index contributed by atoms with van der Waals surface area (Å²) in [7, 11) is 0. The monoisotopic (exact) mass is 283 g/mol. The van der Waals surface area contributed by atoms with E-state index in [4.69, 9.17) is 0 Å². The van der Waals surface area contributed by atoms with Crippen LogP contribution in [-0.4, -0.2) is 35.0 Å².